The lowest BCUT2D eigenvalue weighted by atomic mass is 9.82. The van der Waals surface area contributed by atoms with Crippen LogP contribution < -0.4 is 0 Å². The Morgan fingerprint density at radius 3 is 2.33 bits per heavy atom. The molecular weight excluding hydrogens is 184 g/mol. The lowest BCUT2D eigenvalue weighted by molar-refractivity contribution is 0.230. The van der Waals surface area contributed by atoms with E-state index in [0.717, 1.165) is 12.8 Å². The molecule has 0 aliphatic heterocycles. The van der Waals surface area contributed by atoms with Crippen molar-refractivity contribution in [1.82, 2.24) is 0 Å². The Balaban J connectivity index is 2.94. The van der Waals surface area contributed by atoms with Gasteiger partial charge in [-0.1, -0.05) is 24.5 Å². The van der Waals surface area contributed by atoms with E-state index in [4.69, 9.17) is 0 Å². The third-order valence-corrected chi connectivity index (χ3v) is 3.37. The van der Waals surface area contributed by atoms with Gasteiger partial charge in [0.2, 0.25) is 0 Å². The molecule has 1 atom stereocenters. The largest absolute Gasteiger partial charge is 0.389 e. The fraction of sp³-hybridized carbons (Fsp3) is 0.714. The predicted molar refractivity (Wildman–Crippen MR) is 65.8 cm³/mol. The van der Waals surface area contributed by atoms with Gasteiger partial charge in [0, 0.05) is 0 Å². The number of aliphatic hydroxyl groups is 1. The monoisotopic (exact) mass is 208 g/mol. The highest BCUT2D eigenvalue weighted by atomic mass is 16.3. The van der Waals surface area contributed by atoms with Gasteiger partial charge in [0.15, 0.2) is 0 Å². The lowest BCUT2D eigenvalue weighted by Crippen LogP contribution is -2.14. The Kier molecular flexibility index (Phi) is 4.59. The number of unbranched alkanes of at least 4 members (excludes halogenated alkanes) is 1. The van der Waals surface area contributed by atoms with E-state index >= 15 is 0 Å². The van der Waals surface area contributed by atoms with Crippen molar-refractivity contribution in [2.75, 3.05) is 0 Å². The van der Waals surface area contributed by atoms with Gasteiger partial charge in [-0.3, -0.25) is 0 Å². The molecule has 0 aromatic rings. The first kappa shape index (κ1) is 12.5. The Morgan fingerprint density at radius 2 is 1.80 bits per heavy atom. The minimum absolute atomic E-state index is 0.299. The number of aliphatic hydroxyl groups excluding tert-OH is 1. The highest BCUT2D eigenvalue weighted by Crippen LogP contribution is 2.34. The van der Waals surface area contributed by atoms with Crippen LogP contribution in [0.2, 0.25) is 0 Å². The van der Waals surface area contributed by atoms with Gasteiger partial charge < -0.3 is 5.11 Å². The van der Waals surface area contributed by atoms with Gasteiger partial charge in [-0.25, -0.2) is 0 Å². The Labute approximate surface area is 93.9 Å². The summed E-state index contributed by atoms with van der Waals surface area (Å²) in [6.45, 7) is 8.50. The first-order valence-electron chi connectivity index (χ1n) is 6.14. The zero-order valence-corrected chi connectivity index (χ0v) is 10.6. The van der Waals surface area contributed by atoms with Crippen LogP contribution in [-0.2, 0) is 0 Å². The fourth-order valence-corrected chi connectivity index (χ4v) is 2.46. The Morgan fingerprint density at radius 1 is 1.20 bits per heavy atom. The summed E-state index contributed by atoms with van der Waals surface area (Å²) in [7, 11) is 0. The minimum Gasteiger partial charge on any atom is -0.389 e. The predicted octanol–water partition coefficient (Wildman–Crippen LogP) is 3.98. The van der Waals surface area contributed by atoms with Gasteiger partial charge >= 0.3 is 0 Å². The van der Waals surface area contributed by atoms with Gasteiger partial charge in [-0.05, 0) is 57.6 Å². The highest BCUT2D eigenvalue weighted by molar-refractivity contribution is 5.43. The lowest BCUT2D eigenvalue weighted by Gasteiger charge is -2.25. The summed E-state index contributed by atoms with van der Waals surface area (Å²) in [5.41, 5.74) is 5.55. The first-order valence-corrected chi connectivity index (χ1v) is 6.14. The third kappa shape index (κ3) is 2.94. The third-order valence-electron chi connectivity index (χ3n) is 3.37. The van der Waals surface area contributed by atoms with Crippen LogP contribution in [0.4, 0.5) is 0 Å². The summed E-state index contributed by atoms with van der Waals surface area (Å²) in [6, 6.07) is 0. The molecule has 1 rings (SSSR count). The molecule has 0 bridgehead atoms. The van der Waals surface area contributed by atoms with Crippen LogP contribution >= 0.6 is 0 Å². The smallest absolute Gasteiger partial charge is 0.0764 e. The minimum atomic E-state index is -0.299. The molecule has 0 aromatic heterocycles. The average Bonchev–Trinajstić information content (AvgIpc) is 2.18. The fourth-order valence-electron chi connectivity index (χ4n) is 2.46. The van der Waals surface area contributed by atoms with E-state index in [2.05, 4.69) is 20.8 Å². The molecule has 1 aliphatic carbocycles. The van der Waals surface area contributed by atoms with Crippen molar-refractivity contribution in [2.24, 2.45) is 0 Å². The zero-order valence-electron chi connectivity index (χ0n) is 10.6. The van der Waals surface area contributed by atoms with Gasteiger partial charge in [0.1, 0.15) is 0 Å². The molecule has 0 fully saturated rings. The van der Waals surface area contributed by atoms with Crippen molar-refractivity contribution >= 4 is 0 Å². The number of rotatable bonds is 4. The first-order chi connectivity index (χ1) is 7.07. The quantitative estimate of drug-likeness (QED) is 0.740. The normalized spacial score (nSPS) is 19.8. The Bertz CT molecular complexity index is 282. The van der Waals surface area contributed by atoms with Crippen LogP contribution in [0, 0.1) is 0 Å². The summed E-state index contributed by atoms with van der Waals surface area (Å²) in [6.07, 6.45) is 5.61. The van der Waals surface area contributed by atoms with Crippen LogP contribution in [0.1, 0.15) is 59.8 Å². The van der Waals surface area contributed by atoms with E-state index < -0.39 is 0 Å². The summed E-state index contributed by atoms with van der Waals surface area (Å²) < 4.78 is 0. The van der Waals surface area contributed by atoms with E-state index in [1.807, 2.05) is 6.92 Å². The molecule has 0 amide bonds. The molecule has 1 unspecified atom stereocenters. The van der Waals surface area contributed by atoms with Crippen molar-refractivity contribution in [3.8, 4) is 0 Å². The second-order valence-electron chi connectivity index (χ2n) is 4.73. The maximum absolute atomic E-state index is 9.84. The van der Waals surface area contributed by atoms with E-state index in [1.54, 1.807) is 0 Å². The Hall–Kier alpha value is -0.560. The maximum atomic E-state index is 9.84. The molecule has 0 aromatic carbocycles. The molecule has 0 saturated heterocycles. The van der Waals surface area contributed by atoms with Gasteiger partial charge in [0.25, 0.3) is 0 Å². The van der Waals surface area contributed by atoms with Crippen LogP contribution in [-0.4, -0.2) is 11.2 Å². The van der Waals surface area contributed by atoms with E-state index in [9.17, 15) is 5.11 Å². The van der Waals surface area contributed by atoms with Gasteiger partial charge in [-0.15, -0.1) is 0 Å². The van der Waals surface area contributed by atoms with Crippen LogP contribution in [0.5, 0.6) is 0 Å². The van der Waals surface area contributed by atoms with Crippen molar-refractivity contribution in [2.45, 2.75) is 65.9 Å². The maximum Gasteiger partial charge on any atom is 0.0764 e. The topological polar surface area (TPSA) is 20.2 Å². The summed E-state index contributed by atoms with van der Waals surface area (Å²) >= 11 is 0. The number of hydrogen-bond donors (Lipinski definition) is 1. The number of hydrogen-bond acceptors (Lipinski definition) is 1. The molecule has 1 aliphatic rings. The molecule has 0 saturated carbocycles. The molecule has 1 N–H and O–H groups in total. The molecule has 1 heteroatoms. The van der Waals surface area contributed by atoms with Crippen molar-refractivity contribution < 1.29 is 5.11 Å². The zero-order chi connectivity index (χ0) is 11.4. The van der Waals surface area contributed by atoms with E-state index in [-0.39, 0.29) is 6.10 Å². The molecule has 15 heavy (non-hydrogen) atoms. The van der Waals surface area contributed by atoms with Crippen LogP contribution in [0.15, 0.2) is 22.3 Å². The molecule has 86 valence electrons. The van der Waals surface area contributed by atoms with E-state index in [1.165, 1.54) is 41.6 Å². The van der Waals surface area contributed by atoms with Crippen LogP contribution in [0.3, 0.4) is 0 Å². The SMILES string of the molecule is CCCCC1=C(C)CCC(C)=C1C(C)O. The average molecular weight is 208 g/mol. The molecule has 0 radical (unpaired) electrons. The van der Waals surface area contributed by atoms with E-state index in [0.29, 0.717) is 0 Å². The van der Waals surface area contributed by atoms with Crippen molar-refractivity contribution in [3.05, 3.63) is 22.3 Å². The second-order valence-corrected chi connectivity index (χ2v) is 4.73. The van der Waals surface area contributed by atoms with Crippen molar-refractivity contribution in [3.63, 3.8) is 0 Å². The highest BCUT2D eigenvalue weighted by Gasteiger charge is 2.19. The summed E-state index contributed by atoms with van der Waals surface area (Å²) in [5, 5.41) is 9.84. The summed E-state index contributed by atoms with van der Waals surface area (Å²) in [4.78, 5) is 0. The molecule has 0 heterocycles. The second kappa shape index (κ2) is 5.50. The standard InChI is InChI=1S/C14H24O/c1-5-6-7-13-10(2)8-9-11(3)14(13)12(4)15/h12,15H,5-9H2,1-4H3. The number of allylic oxidation sites excluding steroid dienone is 2. The molecule has 1 nitrogen and oxygen atoms in total. The van der Waals surface area contributed by atoms with Crippen LogP contribution in [0.25, 0.3) is 0 Å². The molecule has 0 spiro atoms. The van der Waals surface area contributed by atoms with Gasteiger partial charge in [-0.2, -0.15) is 0 Å². The van der Waals surface area contributed by atoms with Crippen molar-refractivity contribution in [1.29, 1.82) is 0 Å². The van der Waals surface area contributed by atoms with Gasteiger partial charge in [0.05, 0.1) is 6.10 Å². The molecular formula is C14H24O. The summed E-state index contributed by atoms with van der Waals surface area (Å²) in [5.74, 6) is 0.